The van der Waals surface area contributed by atoms with E-state index in [0.717, 1.165) is 22.4 Å². The summed E-state index contributed by atoms with van der Waals surface area (Å²) in [5.74, 6) is 0.888. The summed E-state index contributed by atoms with van der Waals surface area (Å²) in [4.78, 5) is 14.2. The Morgan fingerprint density at radius 1 is 1.04 bits per heavy atom. The van der Waals surface area contributed by atoms with Gasteiger partial charge in [0.2, 0.25) is 17.7 Å². The molecule has 0 bridgehead atoms. The Morgan fingerprint density at radius 2 is 1.70 bits per heavy atom. The molecule has 2 aromatic carbocycles. The molecule has 0 aliphatic rings. The quantitative estimate of drug-likeness (QED) is 0.721. The van der Waals surface area contributed by atoms with Crippen molar-refractivity contribution in [3.05, 3.63) is 65.0 Å². The summed E-state index contributed by atoms with van der Waals surface area (Å²) in [5, 5.41) is 11.2. The first kappa shape index (κ1) is 18.8. The molecule has 0 aliphatic heterocycles. The molecule has 1 heterocycles. The lowest BCUT2D eigenvalue weighted by Gasteiger charge is -2.16. The smallest absolute Gasteiger partial charge is 0.247 e. The number of anilines is 1. The van der Waals surface area contributed by atoms with E-state index in [-0.39, 0.29) is 12.5 Å². The average molecular weight is 364 g/mol. The SMILES string of the molecule is Cc1ccc(-c2nnc(CN(C)CC(=O)Nc3c(C)cccc3C)o2)cc1. The fourth-order valence-electron chi connectivity index (χ4n) is 2.85. The third kappa shape index (κ3) is 4.80. The fourth-order valence-corrected chi connectivity index (χ4v) is 2.85. The maximum Gasteiger partial charge on any atom is 0.247 e. The molecule has 0 unspecified atom stereocenters. The molecule has 0 saturated carbocycles. The lowest BCUT2D eigenvalue weighted by atomic mass is 10.1. The molecule has 3 rings (SSSR count). The van der Waals surface area contributed by atoms with Crippen molar-refractivity contribution in [3.8, 4) is 11.5 Å². The van der Waals surface area contributed by atoms with E-state index in [9.17, 15) is 4.79 Å². The lowest BCUT2D eigenvalue weighted by molar-refractivity contribution is -0.117. The Balaban J connectivity index is 1.58. The zero-order chi connectivity index (χ0) is 19.4. The van der Waals surface area contributed by atoms with Gasteiger partial charge in [0.1, 0.15) is 0 Å². The van der Waals surface area contributed by atoms with Gasteiger partial charge in [-0.15, -0.1) is 10.2 Å². The van der Waals surface area contributed by atoms with Crippen molar-refractivity contribution in [3.63, 3.8) is 0 Å². The van der Waals surface area contributed by atoms with Crippen molar-refractivity contribution in [1.29, 1.82) is 0 Å². The van der Waals surface area contributed by atoms with Crippen LogP contribution in [-0.4, -0.2) is 34.6 Å². The minimum Gasteiger partial charge on any atom is -0.419 e. The first-order valence-corrected chi connectivity index (χ1v) is 8.86. The average Bonchev–Trinajstić information content (AvgIpc) is 3.07. The normalized spacial score (nSPS) is 11.0. The third-order valence-electron chi connectivity index (χ3n) is 4.33. The fraction of sp³-hybridized carbons (Fsp3) is 0.286. The topological polar surface area (TPSA) is 71.3 Å². The summed E-state index contributed by atoms with van der Waals surface area (Å²) in [6, 6.07) is 13.9. The van der Waals surface area contributed by atoms with Gasteiger partial charge in [0.25, 0.3) is 0 Å². The standard InChI is InChI=1S/C21H24N4O2/c1-14-8-10-17(11-9-14)21-24-23-19(27-21)13-25(4)12-18(26)22-20-15(2)6-5-7-16(20)3/h5-11H,12-13H2,1-4H3,(H,22,26). The number of nitrogens with one attached hydrogen (secondary N) is 1. The van der Waals surface area contributed by atoms with Crippen LogP contribution in [0.3, 0.4) is 0 Å². The number of aryl methyl sites for hydroxylation is 3. The van der Waals surface area contributed by atoms with E-state index in [0.29, 0.717) is 18.3 Å². The van der Waals surface area contributed by atoms with Crippen molar-refractivity contribution in [1.82, 2.24) is 15.1 Å². The number of hydrogen-bond donors (Lipinski definition) is 1. The molecule has 1 amide bonds. The van der Waals surface area contributed by atoms with Gasteiger partial charge >= 0.3 is 0 Å². The number of para-hydroxylation sites is 1. The van der Waals surface area contributed by atoms with Crippen molar-refractivity contribution in [2.24, 2.45) is 0 Å². The van der Waals surface area contributed by atoms with Crippen LogP contribution in [0.25, 0.3) is 11.5 Å². The van der Waals surface area contributed by atoms with Gasteiger partial charge in [-0.2, -0.15) is 0 Å². The van der Waals surface area contributed by atoms with Crippen molar-refractivity contribution >= 4 is 11.6 Å². The summed E-state index contributed by atoms with van der Waals surface area (Å²) in [6.07, 6.45) is 0. The Hall–Kier alpha value is -2.99. The second kappa shape index (κ2) is 8.14. The maximum absolute atomic E-state index is 12.4. The predicted molar refractivity (Wildman–Crippen MR) is 105 cm³/mol. The van der Waals surface area contributed by atoms with Gasteiger partial charge in [-0.05, 0) is 51.1 Å². The third-order valence-corrected chi connectivity index (χ3v) is 4.33. The summed E-state index contributed by atoms with van der Waals surface area (Å²) in [6.45, 7) is 6.63. The minimum absolute atomic E-state index is 0.0758. The Bertz CT molecular complexity index is 911. The van der Waals surface area contributed by atoms with Crippen molar-refractivity contribution < 1.29 is 9.21 Å². The van der Waals surface area contributed by atoms with Crippen LogP contribution in [0, 0.1) is 20.8 Å². The molecule has 0 aliphatic carbocycles. The van der Waals surface area contributed by atoms with E-state index in [1.807, 2.05) is 75.2 Å². The van der Waals surface area contributed by atoms with Gasteiger partial charge in [0.15, 0.2) is 0 Å². The molecule has 27 heavy (non-hydrogen) atoms. The highest BCUT2D eigenvalue weighted by Gasteiger charge is 2.14. The van der Waals surface area contributed by atoms with Crippen molar-refractivity contribution in [2.75, 3.05) is 18.9 Å². The molecule has 0 saturated heterocycles. The van der Waals surface area contributed by atoms with Crippen LogP contribution in [0.2, 0.25) is 0 Å². The summed E-state index contributed by atoms with van der Waals surface area (Å²) in [5.41, 5.74) is 5.02. The van der Waals surface area contributed by atoms with Crippen LogP contribution >= 0.6 is 0 Å². The van der Waals surface area contributed by atoms with E-state index < -0.39 is 0 Å². The van der Waals surface area contributed by atoms with Gasteiger partial charge in [0, 0.05) is 11.3 Å². The van der Waals surface area contributed by atoms with Crippen LogP contribution in [0.15, 0.2) is 46.9 Å². The predicted octanol–water partition coefficient (Wildman–Crippen LogP) is 3.73. The molecule has 1 N–H and O–H groups in total. The number of hydrogen-bond acceptors (Lipinski definition) is 5. The summed E-state index contributed by atoms with van der Waals surface area (Å²) < 4.78 is 5.72. The zero-order valence-electron chi connectivity index (χ0n) is 16.1. The molecule has 3 aromatic rings. The number of carbonyl (C=O) groups excluding carboxylic acids is 1. The molecular weight excluding hydrogens is 340 g/mol. The highest BCUT2D eigenvalue weighted by molar-refractivity contribution is 5.93. The summed E-state index contributed by atoms with van der Waals surface area (Å²) in [7, 11) is 1.85. The Morgan fingerprint density at radius 3 is 2.37 bits per heavy atom. The van der Waals surface area contributed by atoms with E-state index in [2.05, 4.69) is 15.5 Å². The number of rotatable bonds is 6. The number of carbonyl (C=O) groups is 1. The van der Waals surface area contributed by atoms with Gasteiger partial charge < -0.3 is 9.73 Å². The second-order valence-corrected chi connectivity index (χ2v) is 6.85. The molecule has 6 heteroatoms. The monoisotopic (exact) mass is 364 g/mol. The number of likely N-dealkylation sites (N-methyl/N-ethyl adjacent to an activating group) is 1. The van der Waals surface area contributed by atoms with Gasteiger partial charge in [0.05, 0.1) is 13.1 Å². The molecule has 0 atom stereocenters. The van der Waals surface area contributed by atoms with Gasteiger partial charge in [-0.1, -0.05) is 35.9 Å². The number of nitrogens with zero attached hydrogens (tertiary/aromatic N) is 3. The van der Waals surface area contributed by atoms with Crippen LogP contribution in [0.4, 0.5) is 5.69 Å². The van der Waals surface area contributed by atoms with Crippen molar-refractivity contribution in [2.45, 2.75) is 27.3 Å². The molecule has 6 nitrogen and oxygen atoms in total. The van der Waals surface area contributed by atoms with E-state index >= 15 is 0 Å². The molecule has 1 aromatic heterocycles. The lowest BCUT2D eigenvalue weighted by Crippen LogP contribution is -2.30. The van der Waals surface area contributed by atoms with E-state index in [1.54, 1.807) is 0 Å². The first-order valence-electron chi connectivity index (χ1n) is 8.86. The minimum atomic E-state index is -0.0758. The molecule has 0 radical (unpaired) electrons. The number of amides is 1. The van der Waals surface area contributed by atoms with Crippen LogP contribution in [0.5, 0.6) is 0 Å². The Kier molecular flexibility index (Phi) is 5.66. The van der Waals surface area contributed by atoms with Crippen LogP contribution in [-0.2, 0) is 11.3 Å². The zero-order valence-corrected chi connectivity index (χ0v) is 16.1. The van der Waals surface area contributed by atoms with Crippen LogP contribution < -0.4 is 5.32 Å². The molecule has 140 valence electrons. The van der Waals surface area contributed by atoms with Crippen LogP contribution in [0.1, 0.15) is 22.6 Å². The van der Waals surface area contributed by atoms with Gasteiger partial charge in [-0.25, -0.2) is 0 Å². The Labute approximate surface area is 159 Å². The first-order chi connectivity index (χ1) is 12.9. The molecule has 0 fully saturated rings. The highest BCUT2D eigenvalue weighted by Crippen LogP contribution is 2.20. The second-order valence-electron chi connectivity index (χ2n) is 6.85. The highest BCUT2D eigenvalue weighted by atomic mass is 16.4. The summed E-state index contributed by atoms with van der Waals surface area (Å²) >= 11 is 0. The van der Waals surface area contributed by atoms with Gasteiger partial charge in [-0.3, -0.25) is 9.69 Å². The largest absolute Gasteiger partial charge is 0.419 e. The molecule has 0 spiro atoms. The molecular formula is C21H24N4O2. The maximum atomic E-state index is 12.4. The van der Waals surface area contributed by atoms with E-state index in [1.165, 1.54) is 5.56 Å². The number of aromatic nitrogens is 2. The van der Waals surface area contributed by atoms with E-state index in [4.69, 9.17) is 4.42 Å². The number of benzene rings is 2.